The third-order valence-electron chi connectivity index (χ3n) is 2.91. The molecular weight excluding hydrogens is 301 g/mol. The second-order valence-corrected chi connectivity index (χ2v) is 4.39. The quantitative estimate of drug-likeness (QED) is 0.621. The van der Waals surface area contributed by atoms with Crippen LogP contribution in [-0.4, -0.2) is 9.91 Å². The molecule has 8 heteroatoms. The molecule has 2 aromatic rings. The van der Waals surface area contributed by atoms with Gasteiger partial charge in [-0.1, -0.05) is 6.92 Å². The Morgan fingerprint density at radius 2 is 2.00 bits per heavy atom. The third-order valence-corrected chi connectivity index (χ3v) is 2.91. The highest BCUT2D eigenvalue weighted by Crippen LogP contribution is 2.34. The summed E-state index contributed by atoms with van der Waals surface area (Å²) in [5.41, 5.74) is -0.584. The molecule has 0 aliphatic rings. The van der Waals surface area contributed by atoms with Gasteiger partial charge in [-0.2, -0.15) is 13.2 Å². The molecular formula is C14H11F3N2O3. The minimum absolute atomic E-state index is 0.0695. The van der Waals surface area contributed by atoms with E-state index in [1.807, 2.05) is 0 Å². The van der Waals surface area contributed by atoms with Crippen molar-refractivity contribution in [2.45, 2.75) is 19.5 Å². The van der Waals surface area contributed by atoms with Crippen molar-refractivity contribution in [3.05, 3.63) is 57.8 Å². The number of pyridine rings is 1. The summed E-state index contributed by atoms with van der Waals surface area (Å²) in [6.07, 6.45) is -3.06. The number of benzene rings is 1. The third kappa shape index (κ3) is 3.51. The average Bonchev–Trinajstić information content (AvgIpc) is 2.47. The maximum Gasteiger partial charge on any atom is 0.416 e. The van der Waals surface area contributed by atoms with Crippen LogP contribution in [0.2, 0.25) is 0 Å². The summed E-state index contributed by atoms with van der Waals surface area (Å²) in [7, 11) is 0. The van der Waals surface area contributed by atoms with Gasteiger partial charge in [-0.15, -0.1) is 0 Å². The SMILES string of the molecule is CCc1cc(C(F)(F)F)ccc1Oc1ccc([N+](=O)[O-])cn1. The molecule has 1 heterocycles. The van der Waals surface area contributed by atoms with Crippen LogP contribution in [0.5, 0.6) is 11.6 Å². The highest BCUT2D eigenvalue weighted by atomic mass is 19.4. The van der Waals surface area contributed by atoms with Crippen LogP contribution >= 0.6 is 0 Å². The normalized spacial score (nSPS) is 11.3. The number of ether oxygens (including phenoxy) is 1. The summed E-state index contributed by atoms with van der Waals surface area (Å²) in [4.78, 5) is 13.7. The summed E-state index contributed by atoms with van der Waals surface area (Å²) in [5.74, 6) is 0.303. The van der Waals surface area contributed by atoms with Crippen LogP contribution in [0, 0.1) is 10.1 Å². The summed E-state index contributed by atoms with van der Waals surface area (Å²) in [6.45, 7) is 1.70. The Morgan fingerprint density at radius 1 is 1.27 bits per heavy atom. The Labute approximate surface area is 123 Å². The zero-order valence-corrected chi connectivity index (χ0v) is 11.4. The summed E-state index contributed by atoms with van der Waals surface area (Å²) < 4.78 is 43.4. The number of hydrogen-bond acceptors (Lipinski definition) is 4. The van der Waals surface area contributed by atoms with Crippen molar-refractivity contribution in [1.29, 1.82) is 0 Å². The first-order valence-electron chi connectivity index (χ1n) is 6.29. The molecule has 0 saturated heterocycles. The Bertz CT molecular complexity index is 685. The summed E-state index contributed by atoms with van der Waals surface area (Å²) >= 11 is 0. The molecule has 5 nitrogen and oxygen atoms in total. The smallest absolute Gasteiger partial charge is 0.416 e. The first-order chi connectivity index (χ1) is 10.3. The minimum atomic E-state index is -4.42. The van der Waals surface area contributed by atoms with Crippen molar-refractivity contribution in [1.82, 2.24) is 4.98 Å². The van der Waals surface area contributed by atoms with Crippen molar-refractivity contribution in [3.8, 4) is 11.6 Å². The predicted octanol–water partition coefficient (Wildman–Crippen LogP) is 4.36. The molecule has 0 atom stereocenters. The Balaban J connectivity index is 2.27. The molecule has 1 aromatic heterocycles. The standard InChI is InChI=1S/C14H11F3N2O3/c1-2-9-7-10(14(15,16)17)3-5-12(9)22-13-6-4-11(8-18-13)19(20)21/h3-8H,2H2,1H3. The molecule has 0 aliphatic carbocycles. The van der Waals surface area contributed by atoms with Crippen LogP contribution in [0.3, 0.4) is 0 Å². The van der Waals surface area contributed by atoms with Gasteiger partial charge in [-0.25, -0.2) is 4.98 Å². The Hall–Kier alpha value is -2.64. The van der Waals surface area contributed by atoms with Crippen LogP contribution in [0.1, 0.15) is 18.1 Å². The van der Waals surface area contributed by atoms with Crippen molar-refractivity contribution in [3.63, 3.8) is 0 Å². The molecule has 2 rings (SSSR count). The highest BCUT2D eigenvalue weighted by molar-refractivity contribution is 5.41. The van der Waals surface area contributed by atoms with Crippen LogP contribution in [0.25, 0.3) is 0 Å². The largest absolute Gasteiger partial charge is 0.439 e. The molecule has 116 valence electrons. The molecule has 0 spiro atoms. The maximum absolute atomic E-state index is 12.7. The van der Waals surface area contributed by atoms with Crippen LogP contribution in [0.4, 0.5) is 18.9 Å². The number of aryl methyl sites for hydroxylation is 1. The summed E-state index contributed by atoms with van der Waals surface area (Å²) in [5, 5.41) is 10.5. The first kappa shape index (κ1) is 15.7. The molecule has 0 radical (unpaired) electrons. The van der Waals surface area contributed by atoms with E-state index in [1.54, 1.807) is 6.92 Å². The number of rotatable bonds is 4. The summed E-state index contributed by atoms with van der Waals surface area (Å²) in [6, 6.07) is 5.64. The molecule has 0 bridgehead atoms. The maximum atomic E-state index is 12.7. The zero-order valence-electron chi connectivity index (χ0n) is 11.4. The number of halogens is 3. The molecule has 0 aliphatic heterocycles. The van der Waals surface area contributed by atoms with Gasteiger partial charge in [0, 0.05) is 12.1 Å². The lowest BCUT2D eigenvalue weighted by atomic mass is 10.1. The highest BCUT2D eigenvalue weighted by Gasteiger charge is 2.31. The first-order valence-corrected chi connectivity index (χ1v) is 6.29. The van der Waals surface area contributed by atoms with Gasteiger partial charge in [0.15, 0.2) is 0 Å². The zero-order chi connectivity index (χ0) is 16.3. The fourth-order valence-electron chi connectivity index (χ4n) is 1.79. The Morgan fingerprint density at radius 3 is 2.50 bits per heavy atom. The van der Waals surface area contributed by atoms with E-state index in [1.165, 1.54) is 18.2 Å². The monoisotopic (exact) mass is 312 g/mol. The van der Waals surface area contributed by atoms with Gasteiger partial charge in [0.2, 0.25) is 5.88 Å². The van der Waals surface area contributed by atoms with Gasteiger partial charge in [-0.3, -0.25) is 10.1 Å². The van der Waals surface area contributed by atoms with Crippen molar-refractivity contribution in [2.75, 3.05) is 0 Å². The van der Waals surface area contributed by atoms with E-state index in [2.05, 4.69) is 4.98 Å². The lowest BCUT2D eigenvalue weighted by Crippen LogP contribution is -2.06. The van der Waals surface area contributed by atoms with E-state index < -0.39 is 16.7 Å². The van der Waals surface area contributed by atoms with Crippen molar-refractivity contribution < 1.29 is 22.8 Å². The van der Waals surface area contributed by atoms with E-state index in [4.69, 9.17) is 4.74 Å². The molecule has 1 aromatic carbocycles. The molecule has 22 heavy (non-hydrogen) atoms. The van der Waals surface area contributed by atoms with Crippen molar-refractivity contribution >= 4 is 5.69 Å². The van der Waals surface area contributed by atoms with E-state index in [0.717, 1.165) is 18.3 Å². The number of alkyl halides is 3. The number of nitrogens with zero attached hydrogens (tertiary/aromatic N) is 2. The average molecular weight is 312 g/mol. The fourth-order valence-corrected chi connectivity index (χ4v) is 1.79. The van der Waals surface area contributed by atoms with Gasteiger partial charge < -0.3 is 4.74 Å². The van der Waals surface area contributed by atoms with E-state index >= 15 is 0 Å². The van der Waals surface area contributed by atoms with Gasteiger partial charge in [0.05, 0.1) is 10.5 Å². The van der Waals surface area contributed by atoms with E-state index in [0.29, 0.717) is 12.0 Å². The van der Waals surface area contributed by atoms with E-state index in [-0.39, 0.29) is 17.3 Å². The second-order valence-electron chi connectivity index (χ2n) is 4.39. The van der Waals surface area contributed by atoms with Crippen LogP contribution in [-0.2, 0) is 12.6 Å². The second kappa shape index (κ2) is 6.00. The minimum Gasteiger partial charge on any atom is -0.439 e. The molecule has 0 amide bonds. The van der Waals surface area contributed by atoms with Gasteiger partial charge in [-0.05, 0) is 30.2 Å². The predicted molar refractivity (Wildman–Crippen MR) is 71.8 cm³/mol. The number of nitro groups is 1. The molecule has 0 fully saturated rings. The fraction of sp³-hybridized carbons (Fsp3) is 0.214. The topological polar surface area (TPSA) is 65.3 Å². The van der Waals surface area contributed by atoms with Crippen molar-refractivity contribution in [2.24, 2.45) is 0 Å². The van der Waals surface area contributed by atoms with Crippen LogP contribution < -0.4 is 4.74 Å². The lowest BCUT2D eigenvalue weighted by Gasteiger charge is -2.12. The van der Waals surface area contributed by atoms with Gasteiger partial charge >= 0.3 is 6.18 Å². The number of aromatic nitrogens is 1. The van der Waals surface area contributed by atoms with Crippen LogP contribution in [0.15, 0.2) is 36.5 Å². The van der Waals surface area contributed by atoms with Gasteiger partial charge in [0.25, 0.3) is 5.69 Å². The molecule has 0 unspecified atom stereocenters. The van der Waals surface area contributed by atoms with E-state index in [9.17, 15) is 23.3 Å². The lowest BCUT2D eigenvalue weighted by molar-refractivity contribution is -0.385. The molecule has 0 N–H and O–H groups in total. The Kier molecular flexibility index (Phi) is 4.30. The van der Waals surface area contributed by atoms with Gasteiger partial charge in [0.1, 0.15) is 11.9 Å². The molecule has 0 saturated carbocycles. The number of hydrogen-bond donors (Lipinski definition) is 0.